The molecule has 1 rings (SSSR count). The Hall–Kier alpha value is -0.755. The quantitative estimate of drug-likeness (QED) is 0.600. The lowest BCUT2D eigenvalue weighted by molar-refractivity contribution is 0.699. The van der Waals surface area contributed by atoms with E-state index < -0.39 is 0 Å². The van der Waals surface area contributed by atoms with Crippen LogP contribution in [-0.2, 0) is 0 Å². The van der Waals surface area contributed by atoms with Crippen molar-refractivity contribution in [2.45, 2.75) is 19.4 Å². The highest BCUT2D eigenvalue weighted by Gasteiger charge is 2.00. The average Bonchev–Trinajstić information content (AvgIpc) is 2.03. The summed E-state index contributed by atoms with van der Waals surface area (Å²) in [4.78, 5) is 0. The monoisotopic (exact) mass is 147 g/mol. The van der Waals surface area contributed by atoms with Crippen LogP contribution in [0.2, 0.25) is 0 Å². The van der Waals surface area contributed by atoms with Gasteiger partial charge in [0.05, 0.1) is 0 Å². The number of hydrogen-bond acceptors (Lipinski definition) is 1. The lowest BCUT2D eigenvalue weighted by Crippen LogP contribution is -2.12. The van der Waals surface area contributed by atoms with E-state index in [0.29, 0.717) is 0 Å². The first-order valence-corrected chi connectivity index (χ1v) is 4.06. The standard InChI is InChI=1S/C9H14BN/c1-2-9(11)7-4-3-5-8(10)6-7/h3-6,9H,2,10-11H2,1H3. The molecule has 58 valence electrons. The van der Waals surface area contributed by atoms with Crippen molar-refractivity contribution in [1.82, 2.24) is 0 Å². The summed E-state index contributed by atoms with van der Waals surface area (Å²) >= 11 is 0. The Bertz CT molecular complexity index is 235. The van der Waals surface area contributed by atoms with Crippen LogP contribution in [0, 0.1) is 0 Å². The first-order chi connectivity index (χ1) is 5.24. The second kappa shape index (κ2) is 3.58. The third kappa shape index (κ3) is 2.09. The van der Waals surface area contributed by atoms with E-state index in [9.17, 15) is 0 Å². The van der Waals surface area contributed by atoms with Gasteiger partial charge in [-0.1, -0.05) is 36.7 Å². The molecule has 0 spiro atoms. The molecule has 1 atom stereocenters. The molecule has 11 heavy (non-hydrogen) atoms. The van der Waals surface area contributed by atoms with E-state index in [0.717, 1.165) is 6.42 Å². The highest BCUT2D eigenvalue weighted by atomic mass is 14.6. The van der Waals surface area contributed by atoms with Gasteiger partial charge in [0, 0.05) is 6.04 Å². The molecule has 1 aromatic carbocycles. The number of hydrogen-bond donors (Lipinski definition) is 1. The fraction of sp³-hybridized carbons (Fsp3) is 0.333. The van der Waals surface area contributed by atoms with Crippen LogP contribution in [0.15, 0.2) is 24.3 Å². The Kier molecular flexibility index (Phi) is 2.72. The van der Waals surface area contributed by atoms with Gasteiger partial charge in [-0.25, -0.2) is 0 Å². The molecule has 1 nitrogen and oxygen atoms in total. The lowest BCUT2D eigenvalue weighted by atomic mass is 9.92. The maximum Gasteiger partial charge on any atom is 0.139 e. The fourth-order valence-corrected chi connectivity index (χ4v) is 1.14. The van der Waals surface area contributed by atoms with Gasteiger partial charge < -0.3 is 5.73 Å². The minimum absolute atomic E-state index is 0.204. The van der Waals surface area contributed by atoms with Gasteiger partial charge in [-0.3, -0.25) is 0 Å². The molecular weight excluding hydrogens is 133 g/mol. The third-order valence-electron chi connectivity index (χ3n) is 1.91. The number of rotatable bonds is 2. The van der Waals surface area contributed by atoms with Crippen molar-refractivity contribution in [2.75, 3.05) is 0 Å². The summed E-state index contributed by atoms with van der Waals surface area (Å²) in [5, 5.41) is 0. The van der Waals surface area contributed by atoms with Crippen molar-refractivity contribution in [1.29, 1.82) is 0 Å². The van der Waals surface area contributed by atoms with Crippen LogP contribution < -0.4 is 11.2 Å². The molecule has 0 saturated carbocycles. The van der Waals surface area contributed by atoms with E-state index >= 15 is 0 Å². The van der Waals surface area contributed by atoms with E-state index in [1.807, 2.05) is 0 Å². The topological polar surface area (TPSA) is 26.0 Å². The highest BCUT2D eigenvalue weighted by Crippen LogP contribution is 2.10. The van der Waals surface area contributed by atoms with Crippen LogP contribution in [0.25, 0.3) is 0 Å². The summed E-state index contributed by atoms with van der Waals surface area (Å²) in [5.41, 5.74) is 8.39. The maximum absolute atomic E-state index is 5.86. The van der Waals surface area contributed by atoms with Crippen LogP contribution in [-0.4, -0.2) is 7.85 Å². The summed E-state index contributed by atoms with van der Waals surface area (Å²) < 4.78 is 0. The Labute approximate surface area is 69.0 Å². The van der Waals surface area contributed by atoms with Gasteiger partial charge in [-0.05, 0) is 12.0 Å². The second-order valence-electron chi connectivity index (χ2n) is 2.93. The summed E-state index contributed by atoms with van der Waals surface area (Å²) in [7, 11) is 2.09. The molecule has 0 saturated heterocycles. The highest BCUT2D eigenvalue weighted by molar-refractivity contribution is 6.32. The van der Waals surface area contributed by atoms with E-state index in [1.54, 1.807) is 0 Å². The SMILES string of the molecule is Bc1cccc(C(N)CC)c1. The van der Waals surface area contributed by atoms with Crippen LogP contribution in [0.5, 0.6) is 0 Å². The Balaban J connectivity index is 2.86. The molecule has 0 radical (unpaired) electrons. The molecule has 2 heteroatoms. The molecule has 0 aliphatic carbocycles. The largest absolute Gasteiger partial charge is 0.324 e. The third-order valence-corrected chi connectivity index (χ3v) is 1.91. The predicted octanol–water partition coefficient (Wildman–Crippen LogP) is 0.355. The second-order valence-corrected chi connectivity index (χ2v) is 2.93. The molecule has 0 aliphatic heterocycles. The zero-order valence-corrected chi connectivity index (χ0v) is 7.17. The molecule has 0 aromatic heterocycles. The van der Waals surface area contributed by atoms with E-state index in [-0.39, 0.29) is 6.04 Å². The maximum atomic E-state index is 5.86. The zero-order chi connectivity index (χ0) is 8.27. The van der Waals surface area contributed by atoms with E-state index in [2.05, 4.69) is 39.0 Å². The first-order valence-electron chi connectivity index (χ1n) is 4.06. The van der Waals surface area contributed by atoms with Gasteiger partial charge in [-0.2, -0.15) is 0 Å². The smallest absolute Gasteiger partial charge is 0.139 e. The molecule has 2 N–H and O–H groups in total. The molecule has 0 amide bonds. The molecule has 1 unspecified atom stereocenters. The predicted molar refractivity (Wildman–Crippen MR) is 51.8 cm³/mol. The minimum Gasteiger partial charge on any atom is -0.324 e. The molecule has 0 heterocycles. The summed E-state index contributed by atoms with van der Waals surface area (Å²) in [6.45, 7) is 2.10. The molecule has 0 aliphatic rings. The Morgan fingerprint density at radius 1 is 1.55 bits per heavy atom. The van der Waals surface area contributed by atoms with Gasteiger partial charge in [0.1, 0.15) is 7.85 Å². The van der Waals surface area contributed by atoms with Crippen molar-refractivity contribution < 1.29 is 0 Å². The molecular formula is C9H14BN. The van der Waals surface area contributed by atoms with Gasteiger partial charge >= 0.3 is 0 Å². The number of benzene rings is 1. The number of nitrogens with two attached hydrogens (primary N) is 1. The van der Waals surface area contributed by atoms with Crippen molar-refractivity contribution in [3.63, 3.8) is 0 Å². The van der Waals surface area contributed by atoms with Crippen LogP contribution in [0.1, 0.15) is 24.9 Å². The minimum atomic E-state index is 0.204. The van der Waals surface area contributed by atoms with Crippen molar-refractivity contribution in [2.24, 2.45) is 5.73 Å². The normalized spacial score (nSPS) is 12.9. The Morgan fingerprint density at radius 2 is 2.27 bits per heavy atom. The van der Waals surface area contributed by atoms with Crippen molar-refractivity contribution in [3.05, 3.63) is 29.8 Å². The molecule has 1 aromatic rings. The zero-order valence-electron chi connectivity index (χ0n) is 7.17. The van der Waals surface area contributed by atoms with Gasteiger partial charge in [0.2, 0.25) is 0 Å². The van der Waals surface area contributed by atoms with Crippen LogP contribution in [0.3, 0.4) is 0 Å². The van der Waals surface area contributed by atoms with Crippen molar-refractivity contribution in [3.8, 4) is 0 Å². The van der Waals surface area contributed by atoms with E-state index in [4.69, 9.17) is 5.73 Å². The average molecular weight is 147 g/mol. The van der Waals surface area contributed by atoms with Gasteiger partial charge in [0.15, 0.2) is 0 Å². The molecule has 0 bridgehead atoms. The Morgan fingerprint density at radius 3 is 2.82 bits per heavy atom. The van der Waals surface area contributed by atoms with Crippen LogP contribution >= 0.6 is 0 Å². The van der Waals surface area contributed by atoms with Gasteiger partial charge in [0.25, 0.3) is 0 Å². The van der Waals surface area contributed by atoms with Crippen LogP contribution in [0.4, 0.5) is 0 Å². The molecule has 0 fully saturated rings. The summed E-state index contributed by atoms with van der Waals surface area (Å²) in [6.07, 6.45) is 1.00. The summed E-state index contributed by atoms with van der Waals surface area (Å²) in [6, 6.07) is 8.58. The summed E-state index contributed by atoms with van der Waals surface area (Å²) in [5.74, 6) is 0. The van der Waals surface area contributed by atoms with Crippen molar-refractivity contribution >= 4 is 13.3 Å². The first kappa shape index (κ1) is 8.34. The lowest BCUT2D eigenvalue weighted by Gasteiger charge is -2.08. The fourth-order valence-electron chi connectivity index (χ4n) is 1.14. The van der Waals surface area contributed by atoms with E-state index in [1.165, 1.54) is 11.0 Å². The van der Waals surface area contributed by atoms with Gasteiger partial charge in [-0.15, -0.1) is 0 Å².